The van der Waals surface area contributed by atoms with E-state index in [1.807, 2.05) is 31.2 Å². The zero-order valence-electron chi connectivity index (χ0n) is 16.7. The zero-order chi connectivity index (χ0) is 20.7. The number of methoxy groups -OCH3 is 1. The molecule has 0 spiro atoms. The van der Waals surface area contributed by atoms with E-state index in [2.05, 4.69) is 50.6 Å². The standard InChI is InChI=1S/C23H21BrN2O3S/c1-3-28-22-16(24)11-14(12-20(22)27-2)23-26-18(15-7-4-5-8-19(15)29-23)13-17(25-26)21-9-6-10-30-21/h4-12,18,23H,3,13H2,1-2H3/t18-,23-/m0/s1. The predicted molar refractivity (Wildman–Crippen MR) is 122 cm³/mol. The van der Waals surface area contributed by atoms with E-state index in [1.54, 1.807) is 18.4 Å². The van der Waals surface area contributed by atoms with Crippen LogP contribution in [0.3, 0.4) is 0 Å². The summed E-state index contributed by atoms with van der Waals surface area (Å²) in [5.74, 6) is 2.26. The molecule has 0 radical (unpaired) electrons. The number of ether oxygens (including phenoxy) is 3. The number of hydrazone groups is 1. The van der Waals surface area contributed by atoms with Crippen molar-refractivity contribution in [2.24, 2.45) is 5.10 Å². The topological polar surface area (TPSA) is 43.3 Å². The number of para-hydroxylation sites is 1. The number of fused-ring (bicyclic) bond motifs is 3. The first-order chi connectivity index (χ1) is 14.7. The van der Waals surface area contributed by atoms with Crippen LogP contribution >= 0.6 is 27.3 Å². The Labute approximate surface area is 188 Å². The summed E-state index contributed by atoms with van der Waals surface area (Å²) in [6.45, 7) is 2.51. The van der Waals surface area contributed by atoms with Crippen molar-refractivity contribution in [2.45, 2.75) is 25.6 Å². The summed E-state index contributed by atoms with van der Waals surface area (Å²) in [7, 11) is 1.65. The minimum atomic E-state index is -0.358. The summed E-state index contributed by atoms with van der Waals surface area (Å²) >= 11 is 5.36. The lowest BCUT2D eigenvalue weighted by Gasteiger charge is -2.38. The van der Waals surface area contributed by atoms with Gasteiger partial charge in [-0.15, -0.1) is 11.3 Å². The number of benzene rings is 2. The van der Waals surface area contributed by atoms with Gasteiger partial charge in [0.25, 0.3) is 0 Å². The molecule has 5 rings (SSSR count). The van der Waals surface area contributed by atoms with Gasteiger partial charge in [0.05, 0.1) is 34.8 Å². The number of thiophene rings is 1. The van der Waals surface area contributed by atoms with Crippen LogP contribution in [0, 0.1) is 0 Å². The Hall–Kier alpha value is -2.51. The summed E-state index contributed by atoms with van der Waals surface area (Å²) in [5.41, 5.74) is 3.22. The fourth-order valence-electron chi connectivity index (χ4n) is 4.01. The van der Waals surface area contributed by atoms with Crippen molar-refractivity contribution in [1.82, 2.24) is 5.01 Å². The van der Waals surface area contributed by atoms with E-state index in [0.717, 1.165) is 27.9 Å². The Morgan fingerprint density at radius 2 is 2.10 bits per heavy atom. The van der Waals surface area contributed by atoms with Gasteiger partial charge in [-0.2, -0.15) is 5.10 Å². The number of hydrogen-bond acceptors (Lipinski definition) is 6. The molecule has 0 fully saturated rings. The first kappa shape index (κ1) is 19.5. The largest absolute Gasteiger partial charge is 0.493 e. The normalized spacial score (nSPS) is 19.6. The number of halogens is 1. The molecule has 2 atom stereocenters. The van der Waals surface area contributed by atoms with Gasteiger partial charge < -0.3 is 14.2 Å². The molecule has 5 nitrogen and oxygen atoms in total. The molecule has 154 valence electrons. The van der Waals surface area contributed by atoms with Crippen LogP contribution in [0.1, 0.15) is 41.6 Å². The maximum absolute atomic E-state index is 6.46. The highest BCUT2D eigenvalue weighted by molar-refractivity contribution is 9.10. The van der Waals surface area contributed by atoms with Gasteiger partial charge in [-0.25, -0.2) is 5.01 Å². The van der Waals surface area contributed by atoms with Crippen LogP contribution in [-0.4, -0.2) is 24.4 Å². The summed E-state index contributed by atoms with van der Waals surface area (Å²) in [5, 5.41) is 9.17. The third-order valence-corrected chi connectivity index (χ3v) is 6.84. The average Bonchev–Trinajstić information content (AvgIpc) is 3.44. The highest BCUT2D eigenvalue weighted by atomic mass is 79.9. The summed E-state index contributed by atoms with van der Waals surface area (Å²) in [6, 6.07) is 16.6. The molecule has 0 bridgehead atoms. The Kier molecular flexibility index (Phi) is 5.16. The molecule has 7 heteroatoms. The second kappa shape index (κ2) is 7.96. The number of rotatable bonds is 5. The first-order valence-electron chi connectivity index (χ1n) is 9.85. The van der Waals surface area contributed by atoms with Gasteiger partial charge >= 0.3 is 0 Å². The van der Waals surface area contributed by atoms with Gasteiger partial charge in [0.2, 0.25) is 6.23 Å². The van der Waals surface area contributed by atoms with Crippen LogP contribution in [0.15, 0.2) is 63.5 Å². The van der Waals surface area contributed by atoms with Gasteiger partial charge in [-0.3, -0.25) is 0 Å². The van der Waals surface area contributed by atoms with Crippen LogP contribution in [0.4, 0.5) is 0 Å². The van der Waals surface area contributed by atoms with E-state index in [0.29, 0.717) is 18.1 Å². The highest BCUT2D eigenvalue weighted by Crippen LogP contribution is 2.49. The van der Waals surface area contributed by atoms with Crippen molar-refractivity contribution >= 4 is 33.0 Å². The lowest BCUT2D eigenvalue weighted by molar-refractivity contribution is -0.0192. The predicted octanol–water partition coefficient (Wildman–Crippen LogP) is 6.16. The van der Waals surface area contributed by atoms with Gasteiger partial charge in [0, 0.05) is 17.5 Å². The average molecular weight is 485 g/mol. The molecule has 0 amide bonds. The van der Waals surface area contributed by atoms with E-state index in [-0.39, 0.29) is 12.3 Å². The Morgan fingerprint density at radius 1 is 1.23 bits per heavy atom. The molecule has 3 heterocycles. The van der Waals surface area contributed by atoms with E-state index in [1.165, 1.54) is 10.4 Å². The fraction of sp³-hybridized carbons (Fsp3) is 0.261. The van der Waals surface area contributed by atoms with E-state index < -0.39 is 0 Å². The van der Waals surface area contributed by atoms with Crippen molar-refractivity contribution < 1.29 is 14.2 Å². The van der Waals surface area contributed by atoms with Gasteiger partial charge in [-0.1, -0.05) is 24.3 Å². The number of hydrogen-bond donors (Lipinski definition) is 0. The monoisotopic (exact) mass is 484 g/mol. The molecule has 0 saturated carbocycles. The smallest absolute Gasteiger partial charge is 0.214 e. The molecular formula is C23H21BrN2O3S. The molecule has 0 N–H and O–H groups in total. The SMILES string of the molecule is CCOc1c(Br)cc([C@@H]2Oc3ccccc3[C@@H]3CC(c4cccs4)=NN32)cc1OC. The quantitative estimate of drug-likeness (QED) is 0.434. The Balaban J connectivity index is 1.60. The maximum Gasteiger partial charge on any atom is 0.214 e. The van der Waals surface area contributed by atoms with Crippen molar-refractivity contribution in [2.75, 3.05) is 13.7 Å². The van der Waals surface area contributed by atoms with Crippen LogP contribution in [-0.2, 0) is 0 Å². The van der Waals surface area contributed by atoms with Crippen LogP contribution in [0.2, 0.25) is 0 Å². The number of nitrogens with zero attached hydrogens (tertiary/aromatic N) is 2. The summed E-state index contributed by atoms with van der Waals surface area (Å²) in [6.07, 6.45) is 0.496. The van der Waals surface area contributed by atoms with Crippen LogP contribution < -0.4 is 14.2 Å². The van der Waals surface area contributed by atoms with Gasteiger partial charge in [0.1, 0.15) is 5.75 Å². The zero-order valence-corrected chi connectivity index (χ0v) is 19.1. The summed E-state index contributed by atoms with van der Waals surface area (Å²) < 4.78 is 18.7. The van der Waals surface area contributed by atoms with Crippen LogP contribution in [0.5, 0.6) is 17.2 Å². The molecule has 2 aliphatic rings. The Morgan fingerprint density at radius 3 is 2.87 bits per heavy atom. The third-order valence-electron chi connectivity index (χ3n) is 5.33. The molecular weight excluding hydrogens is 464 g/mol. The lowest BCUT2D eigenvalue weighted by atomic mass is 9.97. The van der Waals surface area contributed by atoms with Gasteiger partial charge in [0.15, 0.2) is 11.5 Å². The minimum Gasteiger partial charge on any atom is -0.493 e. The molecule has 30 heavy (non-hydrogen) atoms. The van der Waals surface area contributed by atoms with E-state index in [9.17, 15) is 0 Å². The Bertz CT molecular complexity index is 1100. The maximum atomic E-state index is 6.46. The molecule has 2 aromatic carbocycles. The molecule has 3 aromatic rings. The van der Waals surface area contributed by atoms with E-state index in [4.69, 9.17) is 19.3 Å². The molecule has 0 aliphatic carbocycles. The van der Waals surface area contributed by atoms with E-state index >= 15 is 0 Å². The lowest BCUT2D eigenvalue weighted by Crippen LogP contribution is -2.33. The summed E-state index contributed by atoms with van der Waals surface area (Å²) in [4.78, 5) is 1.20. The molecule has 0 unspecified atom stereocenters. The first-order valence-corrected chi connectivity index (χ1v) is 11.5. The molecule has 0 saturated heterocycles. The van der Waals surface area contributed by atoms with Crippen molar-refractivity contribution in [3.05, 3.63) is 74.4 Å². The molecule has 1 aromatic heterocycles. The molecule has 2 aliphatic heterocycles. The highest BCUT2D eigenvalue weighted by Gasteiger charge is 2.41. The van der Waals surface area contributed by atoms with Crippen molar-refractivity contribution in [1.29, 1.82) is 0 Å². The van der Waals surface area contributed by atoms with Gasteiger partial charge in [-0.05, 0) is 52.5 Å². The second-order valence-corrected chi connectivity index (χ2v) is 8.90. The van der Waals surface area contributed by atoms with Crippen molar-refractivity contribution in [3.63, 3.8) is 0 Å². The second-order valence-electron chi connectivity index (χ2n) is 7.10. The van der Waals surface area contributed by atoms with Crippen molar-refractivity contribution in [3.8, 4) is 17.2 Å². The fourth-order valence-corrected chi connectivity index (χ4v) is 5.31. The third kappa shape index (κ3) is 3.26. The van der Waals surface area contributed by atoms with Crippen LogP contribution in [0.25, 0.3) is 0 Å². The minimum absolute atomic E-state index is 0.133.